The monoisotopic (exact) mass is 865 g/mol. The topological polar surface area (TPSA) is 300 Å². The van der Waals surface area contributed by atoms with Gasteiger partial charge in [-0.2, -0.15) is 47.0 Å². The van der Waals surface area contributed by atoms with E-state index in [1.807, 2.05) is 0 Å². The van der Waals surface area contributed by atoms with Crippen molar-refractivity contribution in [2.75, 3.05) is 23.8 Å². The molecule has 7 N–H and O–H groups in total. The van der Waals surface area contributed by atoms with E-state index in [0.717, 1.165) is 30.2 Å². The maximum Gasteiger partial charge on any atom is 0.323 e. The third kappa shape index (κ3) is 11.1. The van der Waals surface area contributed by atoms with Gasteiger partial charge in [0.2, 0.25) is 11.9 Å². The molecule has 0 saturated heterocycles. The number of aromatic nitrogens is 3. The Labute approximate surface area is 333 Å². The van der Waals surface area contributed by atoms with Crippen LogP contribution >= 0.6 is 12.0 Å². The van der Waals surface area contributed by atoms with E-state index in [1.165, 1.54) is 38.1 Å². The minimum atomic E-state index is -4.66. The number of ether oxygens (including phenoxy) is 1. The van der Waals surface area contributed by atoms with Crippen LogP contribution in [0.2, 0.25) is 0 Å². The average Bonchev–Trinajstić information content (AvgIpc) is 3.13. The molecule has 0 amide bonds. The van der Waals surface area contributed by atoms with Gasteiger partial charge in [-0.3, -0.25) is 8.37 Å². The van der Waals surface area contributed by atoms with Crippen LogP contribution in [0.15, 0.2) is 91.6 Å². The van der Waals surface area contributed by atoms with Crippen molar-refractivity contribution < 1.29 is 52.8 Å². The molecule has 5 aromatic rings. The van der Waals surface area contributed by atoms with E-state index in [4.69, 9.17) is 32.7 Å². The van der Waals surface area contributed by atoms with Crippen LogP contribution in [-0.2, 0) is 49.2 Å². The molecule has 57 heavy (non-hydrogen) atoms. The Hall–Kier alpha value is -5.09. The van der Waals surface area contributed by atoms with E-state index in [9.17, 15) is 26.2 Å². The summed E-state index contributed by atoms with van der Waals surface area (Å²) in [5.41, 5.74) is -0.212. The predicted octanol–water partition coefficient (Wildman–Crippen LogP) is 5.62. The fraction of sp³-hybridized carbons (Fsp3) is 0.219. The van der Waals surface area contributed by atoms with E-state index in [1.54, 1.807) is 38.1 Å². The van der Waals surface area contributed by atoms with Crippen molar-refractivity contribution >= 4 is 89.0 Å². The van der Waals surface area contributed by atoms with Gasteiger partial charge in [0.05, 0.1) is 58.2 Å². The molecule has 0 spiro atoms. The minimum absolute atomic E-state index is 0.0545. The summed E-state index contributed by atoms with van der Waals surface area (Å²) in [5.74, 6) is 4.02. The summed E-state index contributed by atoms with van der Waals surface area (Å²) in [4.78, 5) is 16.7. The highest BCUT2D eigenvalue weighted by Gasteiger charge is 2.28. The standard InChI is InChI=1S/C32H35N9O12S4/c1-5-48-56(44,45)22-14-19-15-26(57(46,47)49-6-2)28(41-40-20-10-9-11-21(16-20)51-55(34)43)29(42)27(19)24(17-22)36-31-37-30(38-32(39-31)50-18(3)4)35-23-12-7-8-13-25(23)54-53-52-33/h7-18,42H,5-6,33-34H2,1-4H3,(H2,35,36,37,38,39). The lowest BCUT2D eigenvalue weighted by molar-refractivity contribution is -0.195. The number of nitrogens with two attached hydrogens (primary N) is 2. The highest BCUT2D eigenvalue weighted by Crippen LogP contribution is 2.46. The van der Waals surface area contributed by atoms with Crippen LogP contribution in [0.5, 0.6) is 17.5 Å². The molecule has 0 bridgehead atoms. The van der Waals surface area contributed by atoms with Gasteiger partial charge in [0.15, 0.2) is 5.75 Å². The summed E-state index contributed by atoms with van der Waals surface area (Å²) < 4.78 is 90.5. The van der Waals surface area contributed by atoms with Crippen LogP contribution in [0.4, 0.5) is 34.6 Å². The minimum Gasteiger partial charge on any atom is -0.505 e. The van der Waals surface area contributed by atoms with Gasteiger partial charge >= 0.3 is 6.01 Å². The number of phenolic OH excluding ortho intramolecular Hbond substituents is 1. The molecule has 21 nitrogen and oxygen atoms in total. The van der Waals surface area contributed by atoms with E-state index in [0.29, 0.717) is 10.6 Å². The molecule has 1 atom stereocenters. The van der Waals surface area contributed by atoms with Crippen molar-refractivity contribution in [1.29, 1.82) is 0 Å². The highest BCUT2D eigenvalue weighted by molar-refractivity contribution is 7.94. The van der Waals surface area contributed by atoms with Crippen molar-refractivity contribution in [2.45, 2.75) is 48.5 Å². The van der Waals surface area contributed by atoms with Crippen LogP contribution < -0.4 is 30.6 Å². The second kappa shape index (κ2) is 18.9. The molecule has 0 fully saturated rings. The molecule has 304 valence electrons. The number of hydrogen-bond acceptors (Lipinski definition) is 21. The second-order valence-corrected chi connectivity index (χ2v) is 16.0. The number of phenols is 1. The quantitative estimate of drug-likeness (QED) is 0.0221. The number of fused-ring (bicyclic) bond motifs is 1. The Balaban J connectivity index is 1.74. The molecular formula is C32H35N9O12S4. The first kappa shape index (κ1) is 43.0. The fourth-order valence-electron chi connectivity index (χ4n) is 4.90. The molecule has 5 rings (SSSR count). The van der Waals surface area contributed by atoms with Crippen LogP contribution in [0, 0.1) is 0 Å². The zero-order valence-electron chi connectivity index (χ0n) is 30.3. The number of hydrogen-bond donors (Lipinski definition) is 5. The molecule has 0 aliphatic carbocycles. The first-order valence-electron chi connectivity index (χ1n) is 16.4. The Morgan fingerprint density at radius 1 is 0.877 bits per heavy atom. The summed E-state index contributed by atoms with van der Waals surface area (Å²) >= 11 is -1.36. The second-order valence-electron chi connectivity index (χ2n) is 11.3. The summed E-state index contributed by atoms with van der Waals surface area (Å²) in [7, 11) is -9.11. The molecule has 0 radical (unpaired) electrons. The molecule has 1 unspecified atom stereocenters. The Bertz CT molecular complexity index is 2530. The number of aromatic hydroxyl groups is 1. The van der Waals surface area contributed by atoms with Crippen LogP contribution in [0.1, 0.15) is 27.7 Å². The molecule has 0 aliphatic rings. The highest BCUT2D eigenvalue weighted by atomic mass is 32.2. The molecule has 0 aliphatic heterocycles. The first-order chi connectivity index (χ1) is 27.1. The van der Waals surface area contributed by atoms with Gasteiger partial charge in [-0.1, -0.05) is 18.2 Å². The third-order valence-electron chi connectivity index (χ3n) is 6.99. The average molecular weight is 866 g/mol. The summed E-state index contributed by atoms with van der Waals surface area (Å²) in [5, 5.41) is 30.9. The zero-order valence-corrected chi connectivity index (χ0v) is 33.6. The smallest absolute Gasteiger partial charge is 0.323 e. The van der Waals surface area contributed by atoms with Gasteiger partial charge in [-0.15, -0.1) is 14.4 Å². The van der Waals surface area contributed by atoms with Crippen molar-refractivity contribution in [2.24, 2.45) is 21.3 Å². The number of nitrogens with one attached hydrogen (secondary N) is 2. The van der Waals surface area contributed by atoms with E-state index < -0.39 is 58.8 Å². The van der Waals surface area contributed by atoms with Crippen LogP contribution in [-0.4, -0.2) is 60.4 Å². The van der Waals surface area contributed by atoms with E-state index in [2.05, 4.69) is 40.8 Å². The zero-order chi connectivity index (χ0) is 41.3. The van der Waals surface area contributed by atoms with Gasteiger partial charge in [0.1, 0.15) is 16.3 Å². The number of benzene rings is 4. The lowest BCUT2D eigenvalue weighted by Crippen LogP contribution is -2.12. The SMILES string of the molecule is CCOS(=O)(=O)c1cc(Nc2nc(Nc3ccccc3SOON)nc(OC(C)C)n2)c2c(O)c(N=Nc3cccc(OS(N)=O)c3)c(S(=O)(=O)OCC)cc2c1. The molecule has 1 heterocycles. The van der Waals surface area contributed by atoms with Crippen molar-refractivity contribution in [3.8, 4) is 17.5 Å². The third-order valence-corrected chi connectivity index (χ3v) is 10.8. The van der Waals surface area contributed by atoms with Gasteiger partial charge in [0, 0.05) is 11.5 Å². The molecule has 4 aromatic carbocycles. The number of azo groups is 1. The lowest BCUT2D eigenvalue weighted by atomic mass is 10.1. The normalized spacial score (nSPS) is 12.6. The maximum atomic E-state index is 13.5. The van der Waals surface area contributed by atoms with Gasteiger partial charge < -0.3 is 24.7 Å². The van der Waals surface area contributed by atoms with Gasteiger partial charge in [-0.25, -0.2) is 5.14 Å². The first-order valence-corrected chi connectivity index (χ1v) is 21.1. The van der Waals surface area contributed by atoms with Crippen molar-refractivity contribution in [3.05, 3.63) is 66.7 Å². The largest absolute Gasteiger partial charge is 0.505 e. The van der Waals surface area contributed by atoms with Gasteiger partial charge in [0.25, 0.3) is 31.5 Å². The Morgan fingerprint density at radius 3 is 2.23 bits per heavy atom. The number of nitrogens with zero attached hydrogens (tertiary/aromatic N) is 5. The number of rotatable bonds is 19. The lowest BCUT2D eigenvalue weighted by Gasteiger charge is -2.17. The van der Waals surface area contributed by atoms with E-state index >= 15 is 0 Å². The van der Waals surface area contributed by atoms with Crippen molar-refractivity contribution in [3.63, 3.8) is 0 Å². The van der Waals surface area contributed by atoms with Crippen molar-refractivity contribution in [1.82, 2.24) is 15.0 Å². The predicted molar refractivity (Wildman–Crippen MR) is 208 cm³/mol. The van der Waals surface area contributed by atoms with Crippen LogP contribution in [0.3, 0.4) is 0 Å². The summed E-state index contributed by atoms with van der Waals surface area (Å²) in [6.07, 6.45) is -0.404. The number of para-hydroxylation sites is 1. The maximum absolute atomic E-state index is 13.5. The summed E-state index contributed by atoms with van der Waals surface area (Å²) in [6, 6.07) is 15.6. The molecule has 0 saturated carbocycles. The molecule has 1 aromatic heterocycles. The summed E-state index contributed by atoms with van der Waals surface area (Å²) in [6.45, 7) is 5.83. The van der Waals surface area contributed by atoms with E-state index in [-0.39, 0.29) is 59.0 Å². The molecule has 25 heteroatoms. The Morgan fingerprint density at radius 2 is 1.56 bits per heavy atom. The Kier molecular flexibility index (Phi) is 14.3. The van der Waals surface area contributed by atoms with Crippen LogP contribution in [0.25, 0.3) is 10.8 Å². The fourth-order valence-corrected chi connectivity index (χ4v) is 7.72. The number of anilines is 4. The van der Waals surface area contributed by atoms with Gasteiger partial charge in [-0.05, 0) is 75.5 Å². The molecular weight excluding hydrogens is 831 g/mol.